The van der Waals surface area contributed by atoms with Crippen molar-refractivity contribution in [2.24, 2.45) is 0 Å². The van der Waals surface area contributed by atoms with E-state index in [4.69, 9.17) is 0 Å². The highest BCUT2D eigenvalue weighted by Crippen LogP contribution is 1.99. The predicted molar refractivity (Wildman–Crippen MR) is 65.8 cm³/mol. The van der Waals surface area contributed by atoms with Crippen molar-refractivity contribution in [2.75, 3.05) is 53.4 Å². The van der Waals surface area contributed by atoms with Gasteiger partial charge in [0.05, 0.1) is 0 Å². The zero-order valence-electron chi connectivity index (χ0n) is 10.9. The van der Waals surface area contributed by atoms with Gasteiger partial charge in [-0.3, -0.25) is 4.79 Å². The molecule has 6 nitrogen and oxygen atoms in total. The van der Waals surface area contributed by atoms with Gasteiger partial charge in [-0.25, -0.2) is 4.79 Å². The first-order chi connectivity index (χ1) is 8.06. The zero-order chi connectivity index (χ0) is 12.8. The van der Waals surface area contributed by atoms with Crippen molar-refractivity contribution in [1.29, 1.82) is 0 Å². The number of likely N-dealkylation sites (N-methyl/N-ethyl adjacent to an activating group) is 1. The molecule has 1 fully saturated rings. The number of nitrogens with one attached hydrogen (secondary N) is 1. The Morgan fingerprint density at radius 3 is 2.29 bits per heavy atom. The maximum Gasteiger partial charge on any atom is 0.319 e. The lowest BCUT2D eigenvalue weighted by Gasteiger charge is -2.31. The van der Waals surface area contributed by atoms with Crippen LogP contribution < -0.4 is 5.32 Å². The Labute approximate surface area is 103 Å². The normalized spacial score (nSPS) is 15.6. The van der Waals surface area contributed by atoms with Crippen molar-refractivity contribution in [1.82, 2.24) is 20.0 Å². The van der Waals surface area contributed by atoms with E-state index in [0.717, 1.165) is 26.2 Å². The van der Waals surface area contributed by atoms with Gasteiger partial charge in [0, 0.05) is 46.8 Å². The molecule has 0 aromatic heterocycles. The maximum atomic E-state index is 12.0. The second-order valence-corrected chi connectivity index (χ2v) is 4.32. The van der Waals surface area contributed by atoms with E-state index < -0.39 is 0 Å². The SMILES string of the molecule is CCN(CC(=O)N1CCNCC1)C(=O)N(C)C. The Morgan fingerprint density at radius 2 is 1.82 bits per heavy atom. The van der Waals surface area contributed by atoms with Gasteiger partial charge in [0.15, 0.2) is 0 Å². The summed E-state index contributed by atoms with van der Waals surface area (Å²) in [6, 6.07) is -0.115. The Morgan fingerprint density at radius 1 is 1.24 bits per heavy atom. The van der Waals surface area contributed by atoms with Crippen LogP contribution in [-0.2, 0) is 4.79 Å². The highest BCUT2D eigenvalue weighted by Gasteiger charge is 2.21. The van der Waals surface area contributed by atoms with Gasteiger partial charge in [0.25, 0.3) is 0 Å². The number of piperazine rings is 1. The number of nitrogens with zero attached hydrogens (tertiary/aromatic N) is 3. The lowest BCUT2D eigenvalue weighted by atomic mass is 10.3. The summed E-state index contributed by atoms with van der Waals surface area (Å²) in [5.41, 5.74) is 0. The van der Waals surface area contributed by atoms with Crippen molar-refractivity contribution >= 4 is 11.9 Å². The van der Waals surface area contributed by atoms with Crippen LogP contribution in [0.15, 0.2) is 0 Å². The molecule has 6 heteroatoms. The molecule has 98 valence electrons. The first kappa shape index (κ1) is 13.8. The number of hydrogen-bond donors (Lipinski definition) is 1. The molecule has 0 radical (unpaired) electrons. The molecule has 0 saturated carbocycles. The van der Waals surface area contributed by atoms with Gasteiger partial charge >= 0.3 is 6.03 Å². The van der Waals surface area contributed by atoms with Gasteiger partial charge in [0.1, 0.15) is 6.54 Å². The summed E-state index contributed by atoms with van der Waals surface area (Å²) in [5, 5.41) is 3.20. The Balaban J connectivity index is 2.49. The molecule has 1 saturated heterocycles. The van der Waals surface area contributed by atoms with Gasteiger partial charge in [0.2, 0.25) is 5.91 Å². The number of carbonyl (C=O) groups is 2. The van der Waals surface area contributed by atoms with Gasteiger partial charge in [-0.05, 0) is 6.92 Å². The van der Waals surface area contributed by atoms with E-state index in [1.165, 1.54) is 4.90 Å². The van der Waals surface area contributed by atoms with E-state index in [-0.39, 0.29) is 18.5 Å². The van der Waals surface area contributed by atoms with Crippen molar-refractivity contribution in [2.45, 2.75) is 6.92 Å². The van der Waals surface area contributed by atoms with E-state index >= 15 is 0 Å². The molecule has 0 unspecified atom stereocenters. The Hall–Kier alpha value is -1.30. The molecule has 0 bridgehead atoms. The summed E-state index contributed by atoms with van der Waals surface area (Å²) < 4.78 is 0. The predicted octanol–water partition coefficient (Wildman–Crippen LogP) is -0.578. The van der Waals surface area contributed by atoms with Crippen LogP contribution >= 0.6 is 0 Å². The molecule has 1 rings (SSSR count). The minimum absolute atomic E-state index is 0.0311. The molecule has 0 aliphatic carbocycles. The summed E-state index contributed by atoms with van der Waals surface area (Å²) in [5.74, 6) is 0.0311. The smallest absolute Gasteiger partial charge is 0.319 e. The first-order valence-electron chi connectivity index (χ1n) is 6.01. The highest BCUT2D eigenvalue weighted by atomic mass is 16.2. The average Bonchev–Trinajstić information content (AvgIpc) is 2.35. The second-order valence-electron chi connectivity index (χ2n) is 4.32. The molecule has 1 heterocycles. The third kappa shape index (κ3) is 3.89. The summed E-state index contributed by atoms with van der Waals surface area (Å²) in [4.78, 5) is 28.6. The van der Waals surface area contributed by atoms with E-state index in [2.05, 4.69) is 5.32 Å². The molecule has 1 aliphatic heterocycles. The second kappa shape index (κ2) is 6.44. The summed E-state index contributed by atoms with van der Waals surface area (Å²) in [7, 11) is 3.39. The molecular weight excluding hydrogens is 220 g/mol. The van der Waals surface area contributed by atoms with E-state index in [1.807, 2.05) is 11.8 Å². The van der Waals surface area contributed by atoms with Gasteiger partial charge in [-0.15, -0.1) is 0 Å². The molecule has 17 heavy (non-hydrogen) atoms. The van der Waals surface area contributed by atoms with Crippen LogP contribution in [0, 0.1) is 0 Å². The highest BCUT2D eigenvalue weighted by molar-refractivity contribution is 5.84. The van der Waals surface area contributed by atoms with Crippen molar-refractivity contribution in [3.05, 3.63) is 0 Å². The largest absolute Gasteiger partial charge is 0.339 e. The Bertz CT molecular complexity index is 275. The minimum Gasteiger partial charge on any atom is -0.339 e. The van der Waals surface area contributed by atoms with Crippen LogP contribution in [0.25, 0.3) is 0 Å². The third-order valence-corrected chi connectivity index (χ3v) is 2.83. The molecule has 0 aromatic rings. The summed E-state index contributed by atoms with van der Waals surface area (Å²) >= 11 is 0. The summed E-state index contributed by atoms with van der Waals surface area (Å²) in [6.07, 6.45) is 0. The Kier molecular flexibility index (Phi) is 5.21. The van der Waals surface area contributed by atoms with Crippen LogP contribution in [0.1, 0.15) is 6.92 Å². The summed E-state index contributed by atoms with van der Waals surface area (Å²) in [6.45, 7) is 5.73. The van der Waals surface area contributed by atoms with Crippen molar-refractivity contribution < 1.29 is 9.59 Å². The van der Waals surface area contributed by atoms with Crippen LogP contribution in [0.2, 0.25) is 0 Å². The monoisotopic (exact) mass is 242 g/mol. The third-order valence-electron chi connectivity index (χ3n) is 2.83. The van der Waals surface area contributed by atoms with Crippen LogP contribution in [0.3, 0.4) is 0 Å². The van der Waals surface area contributed by atoms with Crippen LogP contribution in [0.5, 0.6) is 0 Å². The fraction of sp³-hybridized carbons (Fsp3) is 0.818. The van der Waals surface area contributed by atoms with Gasteiger partial charge < -0.3 is 20.0 Å². The average molecular weight is 242 g/mol. The van der Waals surface area contributed by atoms with E-state index in [0.29, 0.717) is 6.54 Å². The van der Waals surface area contributed by atoms with Crippen molar-refractivity contribution in [3.8, 4) is 0 Å². The fourth-order valence-corrected chi connectivity index (χ4v) is 1.78. The molecular formula is C11H22N4O2. The van der Waals surface area contributed by atoms with E-state index in [9.17, 15) is 9.59 Å². The van der Waals surface area contributed by atoms with Crippen LogP contribution in [-0.4, -0.2) is 80.0 Å². The van der Waals surface area contributed by atoms with Crippen molar-refractivity contribution in [3.63, 3.8) is 0 Å². The van der Waals surface area contributed by atoms with Gasteiger partial charge in [-0.1, -0.05) is 0 Å². The number of rotatable bonds is 3. The van der Waals surface area contributed by atoms with Gasteiger partial charge in [-0.2, -0.15) is 0 Å². The molecule has 1 N–H and O–H groups in total. The quantitative estimate of drug-likeness (QED) is 0.720. The molecule has 0 atom stereocenters. The fourth-order valence-electron chi connectivity index (χ4n) is 1.78. The standard InChI is InChI=1S/C11H22N4O2/c1-4-14(11(17)13(2)3)9-10(16)15-7-5-12-6-8-15/h12H,4-9H2,1-3H3. The molecule has 3 amide bonds. The molecule has 0 spiro atoms. The maximum absolute atomic E-state index is 12.0. The van der Waals surface area contributed by atoms with Crippen LogP contribution in [0.4, 0.5) is 4.79 Å². The lowest BCUT2D eigenvalue weighted by molar-refractivity contribution is -0.132. The lowest BCUT2D eigenvalue weighted by Crippen LogP contribution is -2.51. The first-order valence-corrected chi connectivity index (χ1v) is 6.01. The number of amides is 3. The molecule has 1 aliphatic rings. The molecule has 0 aromatic carbocycles. The number of carbonyl (C=O) groups excluding carboxylic acids is 2. The van der Waals surface area contributed by atoms with E-state index in [1.54, 1.807) is 19.0 Å². The topological polar surface area (TPSA) is 55.9 Å². The number of urea groups is 1. The number of hydrogen-bond acceptors (Lipinski definition) is 3. The zero-order valence-corrected chi connectivity index (χ0v) is 10.9. The minimum atomic E-state index is -0.115.